The number of fused-ring (bicyclic) bond motifs is 1. The van der Waals surface area contributed by atoms with Crippen LogP contribution in [0.25, 0.3) is 0 Å². The predicted molar refractivity (Wildman–Crippen MR) is 131 cm³/mol. The van der Waals surface area contributed by atoms with Crippen LogP contribution in [0.2, 0.25) is 0 Å². The maximum atomic E-state index is 13.5. The third-order valence-corrected chi connectivity index (χ3v) is 6.53. The first-order chi connectivity index (χ1) is 16.4. The fourth-order valence-corrected chi connectivity index (χ4v) is 4.67. The first-order valence-electron chi connectivity index (χ1n) is 11.5. The van der Waals surface area contributed by atoms with Crippen LogP contribution < -0.4 is 25.2 Å². The quantitative estimate of drug-likeness (QED) is 0.384. The van der Waals surface area contributed by atoms with Gasteiger partial charge in [-0.2, -0.15) is 0 Å². The van der Waals surface area contributed by atoms with Gasteiger partial charge in [0.1, 0.15) is 18.8 Å². The number of halogens is 1. The lowest BCUT2D eigenvalue weighted by molar-refractivity contribution is -0.908. The average Bonchev–Trinajstić information content (AvgIpc) is 2.84. The SMILES string of the molecule is CCOc1ccc(N2C(=O)Nc3ccc(Br)cc3C2(O)C(=O)NCCC[NH+]2CCOCC2)cc1. The van der Waals surface area contributed by atoms with Gasteiger partial charge in [0.05, 0.1) is 32.1 Å². The summed E-state index contributed by atoms with van der Waals surface area (Å²) < 4.78 is 11.5. The zero-order valence-electron chi connectivity index (χ0n) is 19.1. The van der Waals surface area contributed by atoms with E-state index in [1.165, 1.54) is 4.90 Å². The Morgan fingerprint density at radius 3 is 2.71 bits per heavy atom. The van der Waals surface area contributed by atoms with Crippen LogP contribution in [0, 0.1) is 0 Å². The normalized spacial score (nSPS) is 20.4. The predicted octanol–water partition coefficient (Wildman–Crippen LogP) is 1.47. The van der Waals surface area contributed by atoms with Crippen LogP contribution in [-0.2, 0) is 15.3 Å². The fraction of sp³-hybridized carbons (Fsp3) is 0.417. The summed E-state index contributed by atoms with van der Waals surface area (Å²) in [6, 6.07) is 11.1. The molecule has 4 rings (SSSR count). The zero-order valence-corrected chi connectivity index (χ0v) is 20.7. The molecule has 2 heterocycles. The van der Waals surface area contributed by atoms with E-state index < -0.39 is 17.7 Å². The molecule has 182 valence electrons. The highest BCUT2D eigenvalue weighted by Gasteiger charge is 2.52. The van der Waals surface area contributed by atoms with Gasteiger partial charge in [-0.05, 0) is 49.4 Å². The van der Waals surface area contributed by atoms with Crippen molar-refractivity contribution in [1.29, 1.82) is 0 Å². The number of morpholine rings is 1. The van der Waals surface area contributed by atoms with Gasteiger partial charge in [-0.1, -0.05) is 15.9 Å². The summed E-state index contributed by atoms with van der Waals surface area (Å²) in [5, 5.41) is 17.5. The molecule has 2 aromatic rings. The molecular formula is C24H30BrN4O5+. The van der Waals surface area contributed by atoms with Crippen molar-refractivity contribution < 1.29 is 29.1 Å². The third kappa shape index (κ3) is 5.05. The van der Waals surface area contributed by atoms with E-state index in [0.29, 0.717) is 34.7 Å². The number of carbonyl (C=O) groups is 2. The molecule has 0 bridgehead atoms. The second kappa shape index (κ2) is 10.7. The van der Waals surface area contributed by atoms with Crippen LogP contribution >= 0.6 is 15.9 Å². The van der Waals surface area contributed by atoms with Crippen molar-refractivity contribution in [3.8, 4) is 5.75 Å². The second-order valence-electron chi connectivity index (χ2n) is 8.28. The molecule has 0 radical (unpaired) electrons. The van der Waals surface area contributed by atoms with E-state index in [1.54, 1.807) is 42.5 Å². The summed E-state index contributed by atoms with van der Waals surface area (Å²) in [6.45, 7) is 7.06. The van der Waals surface area contributed by atoms with E-state index in [1.807, 2.05) is 6.92 Å². The third-order valence-electron chi connectivity index (χ3n) is 6.04. The van der Waals surface area contributed by atoms with E-state index in [4.69, 9.17) is 9.47 Å². The number of ether oxygens (including phenoxy) is 2. The highest BCUT2D eigenvalue weighted by Crippen LogP contribution is 2.41. The molecule has 0 aromatic heterocycles. The minimum Gasteiger partial charge on any atom is -0.494 e. The van der Waals surface area contributed by atoms with Gasteiger partial charge in [0.25, 0.3) is 11.6 Å². The molecule has 34 heavy (non-hydrogen) atoms. The number of rotatable bonds is 8. The standard InChI is InChI=1S/C24H29BrN4O5/c1-2-34-19-7-5-18(6-8-19)29-23(31)27-21-9-4-17(25)16-20(21)24(29,32)22(30)26-10-3-11-28-12-14-33-15-13-28/h4-9,16,32H,2-3,10-15H2,1H3,(H,26,30)(H,27,31)/p+1. The summed E-state index contributed by atoms with van der Waals surface area (Å²) in [4.78, 5) is 29.1. The van der Waals surface area contributed by atoms with E-state index in [0.717, 1.165) is 44.2 Å². The number of anilines is 2. The van der Waals surface area contributed by atoms with Gasteiger partial charge in [-0.15, -0.1) is 0 Å². The van der Waals surface area contributed by atoms with Gasteiger partial charge >= 0.3 is 6.03 Å². The molecule has 1 atom stereocenters. The van der Waals surface area contributed by atoms with Crippen LogP contribution in [0.3, 0.4) is 0 Å². The molecule has 1 saturated heterocycles. The number of hydrogen-bond donors (Lipinski definition) is 4. The Balaban J connectivity index is 1.59. The molecule has 4 N–H and O–H groups in total. The second-order valence-corrected chi connectivity index (χ2v) is 9.19. The van der Waals surface area contributed by atoms with Crippen molar-refractivity contribution in [2.45, 2.75) is 19.1 Å². The van der Waals surface area contributed by atoms with Crippen molar-refractivity contribution >= 4 is 39.2 Å². The van der Waals surface area contributed by atoms with Gasteiger partial charge in [-0.3, -0.25) is 9.69 Å². The van der Waals surface area contributed by atoms with E-state index in [9.17, 15) is 14.7 Å². The number of aliphatic hydroxyl groups is 1. The minimum absolute atomic E-state index is 0.284. The number of nitrogens with zero attached hydrogens (tertiary/aromatic N) is 1. The van der Waals surface area contributed by atoms with Crippen LogP contribution in [0.4, 0.5) is 16.2 Å². The van der Waals surface area contributed by atoms with Crippen molar-refractivity contribution in [1.82, 2.24) is 5.32 Å². The first kappa shape index (κ1) is 24.5. The summed E-state index contributed by atoms with van der Waals surface area (Å²) in [5.41, 5.74) is -1.21. The molecule has 10 heteroatoms. The lowest BCUT2D eigenvalue weighted by atomic mass is 9.94. The van der Waals surface area contributed by atoms with Gasteiger partial charge in [0.2, 0.25) is 0 Å². The van der Waals surface area contributed by atoms with Crippen LogP contribution in [0.1, 0.15) is 18.9 Å². The van der Waals surface area contributed by atoms with Crippen molar-refractivity contribution in [2.24, 2.45) is 0 Å². The van der Waals surface area contributed by atoms with Gasteiger partial charge in [0, 0.05) is 28.7 Å². The van der Waals surface area contributed by atoms with E-state index in [-0.39, 0.29) is 5.56 Å². The monoisotopic (exact) mass is 533 g/mol. The summed E-state index contributed by atoms with van der Waals surface area (Å²) in [5.74, 6) is -0.0296. The molecule has 0 saturated carbocycles. The van der Waals surface area contributed by atoms with Crippen LogP contribution in [-0.4, -0.2) is 63.0 Å². The van der Waals surface area contributed by atoms with E-state index in [2.05, 4.69) is 26.6 Å². The molecule has 0 spiro atoms. The van der Waals surface area contributed by atoms with Crippen LogP contribution in [0.5, 0.6) is 5.75 Å². The molecular weight excluding hydrogens is 504 g/mol. The Morgan fingerprint density at radius 2 is 2.00 bits per heavy atom. The van der Waals surface area contributed by atoms with Crippen molar-refractivity contribution in [2.75, 3.05) is 56.2 Å². The Labute approximate surface area is 207 Å². The molecule has 3 amide bonds. The molecule has 9 nitrogen and oxygen atoms in total. The van der Waals surface area contributed by atoms with Gasteiger partial charge in [-0.25, -0.2) is 4.79 Å². The summed E-state index contributed by atoms with van der Waals surface area (Å²) in [7, 11) is 0. The number of quaternary nitrogens is 1. The highest BCUT2D eigenvalue weighted by molar-refractivity contribution is 9.10. The lowest BCUT2D eigenvalue weighted by Gasteiger charge is -2.42. The Bertz CT molecular complexity index is 1030. The number of benzene rings is 2. The number of hydrogen-bond acceptors (Lipinski definition) is 5. The maximum absolute atomic E-state index is 13.5. The summed E-state index contributed by atoms with van der Waals surface area (Å²) >= 11 is 3.41. The largest absolute Gasteiger partial charge is 0.494 e. The first-order valence-corrected chi connectivity index (χ1v) is 12.3. The molecule has 0 aliphatic carbocycles. The van der Waals surface area contributed by atoms with E-state index >= 15 is 0 Å². The van der Waals surface area contributed by atoms with Crippen molar-refractivity contribution in [3.63, 3.8) is 0 Å². The lowest BCUT2D eigenvalue weighted by Crippen LogP contribution is -3.14. The Hall–Kier alpha value is -2.66. The number of carbonyl (C=O) groups excluding carboxylic acids is 2. The molecule has 2 aliphatic rings. The van der Waals surface area contributed by atoms with Crippen molar-refractivity contribution in [3.05, 3.63) is 52.5 Å². The average molecular weight is 534 g/mol. The topological polar surface area (TPSA) is 105 Å². The summed E-state index contributed by atoms with van der Waals surface area (Å²) in [6.07, 6.45) is 0.748. The Morgan fingerprint density at radius 1 is 1.26 bits per heavy atom. The van der Waals surface area contributed by atoms with Gasteiger partial charge in [0.15, 0.2) is 0 Å². The highest BCUT2D eigenvalue weighted by atomic mass is 79.9. The Kier molecular flexibility index (Phi) is 7.72. The molecule has 1 unspecified atom stereocenters. The zero-order chi connectivity index (χ0) is 24.1. The molecule has 2 aliphatic heterocycles. The molecule has 1 fully saturated rings. The fourth-order valence-electron chi connectivity index (χ4n) is 4.31. The van der Waals surface area contributed by atoms with Crippen LogP contribution in [0.15, 0.2) is 46.9 Å². The number of amides is 3. The number of urea groups is 1. The smallest absolute Gasteiger partial charge is 0.329 e. The molecule has 2 aromatic carbocycles. The number of nitrogens with one attached hydrogen (secondary N) is 3. The van der Waals surface area contributed by atoms with Gasteiger partial charge < -0.3 is 30.1 Å². The minimum atomic E-state index is -2.24. The maximum Gasteiger partial charge on any atom is 0.329 e.